The summed E-state index contributed by atoms with van der Waals surface area (Å²) in [6.07, 6.45) is 5.96. The summed E-state index contributed by atoms with van der Waals surface area (Å²) in [5.74, 6) is 0.434. The lowest BCUT2D eigenvalue weighted by atomic mass is 10.1. The molecule has 0 aromatic carbocycles. The standard InChI is InChI=1S/C16H24N4O3/c1-22-14-6-10-23-11-13(14)18-15(21)12-5-7-17-16(19-12)20-8-3-2-4-9-20/h5,7,13-14H,2-4,6,8-11H2,1H3,(H,18,21)/t13-,14-/m1/s1. The Labute approximate surface area is 136 Å². The van der Waals surface area contributed by atoms with Crippen LogP contribution in [0.5, 0.6) is 0 Å². The third-order valence-electron chi connectivity index (χ3n) is 4.43. The number of aromatic nitrogens is 2. The molecule has 126 valence electrons. The van der Waals surface area contributed by atoms with Crippen molar-refractivity contribution in [3.8, 4) is 0 Å². The fourth-order valence-electron chi connectivity index (χ4n) is 3.10. The Morgan fingerprint density at radius 3 is 3.00 bits per heavy atom. The SMILES string of the molecule is CO[C@@H]1CCOC[C@H]1NC(=O)c1ccnc(N2CCCCC2)n1. The topological polar surface area (TPSA) is 76.6 Å². The van der Waals surface area contributed by atoms with Crippen LogP contribution in [0.3, 0.4) is 0 Å². The largest absolute Gasteiger partial charge is 0.379 e. The first-order valence-corrected chi connectivity index (χ1v) is 8.27. The molecule has 2 aliphatic rings. The van der Waals surface area contributed by atoms with Gasteiger partial charge in [0.15, 0.2) is 0 Å². The molecule has 0 bridgehead atoms. The Morgan fingerprint density at radius 1 is 1.39 bits per heavy atom. The van der Waals surface area contributed by atoms with Crippen molar-refractivity contribution >= 4 is 11.9 Å². The van der Waals surface area contributed by atoms with E-state index in [4.69, 9.17) is 9.47 Å². The van der Waals surface area contributed by atoms with Crippen molar-refractivity contribution in [2.24, 2.45) is 0 Å². The minimum Gasteiger partial charge on any atom is -0.379 e. The van der Waals surface area contributed by atoms with Crippen molar-refractivity contribution in [3.63, 3.8) is 0 Å². The summed E-state index contributed by atoms with van der Waals surface area (Å²) in [5.41, 5.74) is 0.390. The molecule has 7 nitrogen and oxygen atoms in total. The molecule has 0 spiro atoms. The predicted molar refractivity (Wildman–Crippen MR) is 85.6 cm³/mol. The van der Waals surface area contributed by atoms with E-state index in [-0.39, 0.29) is 18.1 Å². The van der Waals surface area contributed by atoms with Crippen molar-refractivity contribution in [1.29, 1.82) is 0 Å². The molecule has 1 aromatic heterocycles. The van der Waals surface area contributed by atoms with Crippen molar-refractivity contribution in [2.75, 3.05) is 38.3 Å². The Balaban J connectivity index is 1.67. The predicted octanol–water partition coefficient (Wildman–Crippen LogP) is 1.00. The number of anilines is 1. The van der Waals surface area contributed by atoms with E-state index in [9.17, 15) is 4.79 Å². The lowest BCUT2D eigenvalue weighted by Gasteiger charge is -2.31. The van der Waals surface area contributed by atoms with Gasteiger partial charge in [0.1, 0.15) is 5.69 Å². The second-order valence-corrected chi connectivity index (χ2v) is 6.01. The third-order valence-corrected chi connectivity index (χ3v) is 4.43. The number of methoxy groups -OCH3 is 1. The van der Waals surface area contributed by atoms with Crippen LogP contribution >= 0.6 is 0 Å². The summed E-state index contributed by atoms with van der Waals surface area (Å²) in [4.78, 5) is 23.4. The summed E-state index contributed by atoms with van der Waals surface area (Å²) in [7, 11) is 1.66. The summed E-state index contributed by atoms with van der Waals surface area (Å²) in [5, 5.41) is 2.97. The van der Waals surface area contributed by atoms with E-state index < -0.39 is 0 Å². The third kappa shape index (κ3) is 3.97. The number of hydrogen-bond acceptors (Lipinski definition) is 6. The highest BCUT2D eigenvalue weighted by molar-refractivity contribution is 5.92. The number of piperidine rings is 1. The minimum absolute atomic E-state index is 0.0175. The average molecular weight is 320 g/mol. The molecule has 0 unspecified atom stereocenters. The minimum atomic E-state index is -0.205. The van der Waals surface area contributed by atoms with Crippen LogP contribution in [0.4, 0.5) is 5.95 Å². The van der Waals surface area contributed by atoms with Crippen LogP contribution in [-0.4, -0.2) is 61.4 Å². The zero-order valence-electron chi connectivity index (χ0n) is 13.5. The number of carbonyl (C=O) groups excluding carboxylic acids is 1. The van der Waals surface area contributed by atoms with Gasteiger partial charge in [-0.2, -0.15) is 0 Å². The van der Waals surface area contributed by atoms with Crippen LogP contribution in [0, 0.1) is 0 Å². The molecular formula is C16H24N4O3. The Bertz CT molecular complexity index is 534. The number of carbonyl (C=O) groups is 1. The van der Waals surface area contributed by atoms with Gasteiger partial charge in [0, 0.05) is 33.0 Å². The summed E-state index contributed by atoms with van der Waals surface area (Å²) >= 11 is 0. The van der Waals surface area contributed by atoms with Crippen molar-refractivity contribution in [3.05, 3.63) is 18.0 Å². The Morgan fingerprint density at radius 2 is 2.22 bits per heavy atom. The maximum Gasteiger partial charge on any atom is 0.270 e. The second kappa shape index (κ2) is 7.70. The van der Waals surface area contributed by atoms with Gasteiger partial charge in [0.05, 0.1) is 18.8 Å². The second-order valence-electron chi connectivity index (χ2n) is 6.01. The monoisotopic (exact) mass is 320 g/mol. The van der Waals surface area contributed by atoms with E-state index in [0.29, 0.717) is 24.9 Å². The van der Waals surface area contributed by atoms with Gasteiger partial charge in [-0.3, -0.25) is 4.79 Å². The molecule has 2 atom stereocenters. The lowest BCUT2D eigenvalue weighted by Crippen LogP contribution is -2.50. The first-order chi connectivity index (χ1) is 11.3. The molecule has 0 saturated carbocycles. The fourth-order valence-corrected chi connectivity index (χ4v) is 3.10. The van der Waals surface area contributed by atoms with E-state index in [0.717, 1.165) is 32.4 Å². The Kier molecular flexibility index (Phi) is 5.40. The number of hydrogen-bond donors (Lipinski definition) is 1. The molecule has 0 aliphatic carbocycles. The smallest absolute Gasteiger partial charge is 0.270 e. The molecule has 2 aliphatic heterocycles. The van der Waals surface area contributed by atoms with E-state index in [1.165, 1.54) is 6.42 Å². The molecule has 1 amide bonds. The molecule has 7 heteroatoms. The quantitative estimate of drug-likeness (QED) is 0.892. The van der Waals surface area contributed by atoms with Gasteiger partial charge in [-0.1, -0.05) is 0 Å². The van der Waals surface area contributed by atoms with Crippen LogP contribution in [0.2, 0.25) is 0 Å². The molecule has 23 heavy (non-hydrogen) atoms. The van der Waals surface area contributed by atoms with Gasteiger partial charge in [-0.05, 0) is 31.7 Å². The molecule has 0 radical (unpaired) electrons. The van der Waals surface area contributed by atoms with Crippen molar-refractivity contribution in [1.82, 2.24) is 15.3 Å². The van der Waals surface area contributed by atoms with Gasteiger partial charge in [0.25, 0.3) is 5.91 Å². The van der Waals surface area contributed by atoms with Crippen LogP contribution in [0.1, 0.15) is 36.2 Å². The van der Waals surface area contributed by atoms with Gasteiger partial charge < -0.3 is 19.7 Å². The van der Waals surface area contributed by atoms with E-state index >= 15 is 0 Å². The number of rotatable bonds is 4. The number of nitrogens with one attached hydrogen (secondary N) is 1. The molecule has 3 heterocycles. The summed E-state index contributed by atoms with van der Waals surface area (Å²) in [6, 6.07) is 1.50. The van der Waals surface area contributed by atoms with E-state index in [1.54, 1.807) is 19.4 Å². The van der Waals surface area contributed by atoms with Crippen molar-refractivity contribution < 1.29 is 14.3 Å². The van der Waals surface area contributed by atoms with Crippen LogP contribution in [0.25, 0.3) is 0 Å². The number of ether oxygens (including phenoxy) is 2. The Hall–Kier alpha value is -1.73. The van der Waals surface area contributed by atoms with Gasteiger partial charge in [-0.25, -0.2) is 9.97 Å². The molecule has 2 fully saturated rings. The van der Waals surface area contributed by atoms with Gasteiger partial charge in [-0.15, -0.1) is 0 Å². The van der Waals surface area contributed by atoms with Gasteiger partial charge >= 0.3 is 0 Å². The number of nitrogens with zero attached hydrogens (tertiary/aromatic N) is 3. The highest BCUT2D eigenvalue weighted by Crippen LogP contribution is 2.16. The van der Waals surface area contributed by atoms with Gasteiger partial charge in [0.2, 0.25) is 5.95 Å². The first-order valence-electron chi connectivity index (χ1n) is 8.27. The average Bonchev–Trinajstić information content (AvgIpc) is 2.63. The van der Waals surface area contributed by atoms with Crippen LogP contribution in [-0.2, 0) is 9.47 Å². The van der Waals surface area contributed by atoms with E-state index in [2.05, 4.69) is 20.2 Å². The molecular weight excluding hydrogens is 296 g/mol. The van der Waals surface area contributed by atoms with E-state index in [1.807, 2.05) is 0 Å². The highest BCUT2D eigenvalue weighted by Gasteiger charge is 2.28. The molecule has 3 rings (SSSR count). The molecule has 1 aromatic rings. The molecule has 1 N–H and O–H groups in total. The lowest BCUT2D eigenvalue weighted by molar-refractivity contribution is -0.0349. The van der Waals surface area contributed by atoms with Crippen molar-refractivity contribution in [2.45, 2.75) is 37.8 Å². The zero-order chi connectivity index (χ0) is 16.1. The van der Waals surface area contributed by atoms with Crippen LogP contribution < -0.4 is 10.2 Å². The first kappa shape index (κ1) is 16.1. The zero-order valence-corrected chi connectivity index (χ0v) is 13.5. The maximum atomic E-state index is 12.5. The van der Waals surface area contributed by atoms with Crippen LogP contribution in [0.15, 0.2) is 12.3 Å². The number of amides is 1. The normalized spacial score (nSPS) is 25.2. The maximum absolute atomic E-state index is 12.5. The fraction of sp³-hybridized carbons (Fsp3) is 0.688. The summed E-state index contributed by atoms with van der Waals surface area (Å²) < 4.78 is 10.9. The summed E-state index contributed by atoms with van der Waals surface area (Å²) in [6.45, 7) is 3.03. The molecule has 2 saturated heterocycles. The highest BCUT2D eigenvalue weighted by atomic mass is 16.5.